The second-order valence-electron chi connectivity index (χ2n) is 6.42. The minimum Gasteiger partial charge on any atom is -0.506 e. The molecule has 2 aliphatic rings. The monoisotopic (exact) mass is 353 g/mol. The molecule has 0 radical (unpaired) electrons. The van der Waals surface area contributed by atoms with Crippen molar-refractivity contribution >= 4 is 15.9 Å². The molecule has 2 atom stereocenters. The van der Waals surface area contributed by atoms with Crippen molar-refractivity contribution in [1.29, 1.82) is 0 Å². The predicted octanol–water partition coefficient (Wildman–Crippen LogP) is 3.98. The molecule has 1 aliphatic carbocycles. The summed E-state index contributed by atoms with van der Waals surface area (Å²) in [6.45, 7) is 2.54. The van der Waals surface area contributed by atoms with Gasteiger partial charge in [-0.25, -0.2) is 0 Å². The molecule has 1 saturated carbocycles. The molecule has 0 aromatic heterocycles. The van der Waals surface area contributed by atoms with E-state index in [1.165, 1.54) is 32.1 Å². The Balaban J connectivity index is 1.96. The standard InChI is InChI=1S/C17H24BrNO2/c1-10-7-13(18)17(20)12-8-14(11-5-3-2-4-6-11)21-15(9-19)16(10)12/h7,11,14-15,20H,2-6,8-9,19H2,1H3. The maximum Gasteiger partial charge on any atom is 0.133 e. The summed E-state index contributed by atoms with van der Waals surface area (Å²) in [6.07, 6.45) is 7.35. The first kappa shape index (κ1) is 15.3. The smallest absolute Gasteiger partial charge is 0.133 e. The number of phenolic OH excluding ortho intramolecular Hbond substituents is 1. The summed E-state index contributed by atoms with van der Waals surface area (Å²) in [7, 11) is 0. The second-order valence-corrected chi connectivity index (χ2v) is 7.27. The fourth-order valence-electron chi connectivity index (χ4n) is 3.99. The summed E-state index contributed by atoms with van der Waals surface area (Å²) in [5, 5.41) is 10.5. The number of ether oxygens (including phenoxy) is 1. The van der Waals surface area contributed by atoms with Gasteiger partial charge >= 0.3 is 0 Å². The van der Waals surface area contributed by atoms with Crippen molar-refractivity contribution in [1.82, 2.24) is 0 Å². The van der Waals surface area contributed by atoms with Crippen molar-refractivity contribution in [2.24, 2.45) is 11.7 Å². The fraction of sp³-hybridized carbons (Fsp3) is 0.647. The van der Waals surface area contributed by atoms with Crippen LogP contribution >= 0.6 is 15.9 Å². The zero-order valence-electron chi connectivity index (χ0n) is 12.6. The molecule has 1 aromatic rings. The molecule has 1 aliphatic heterocycles. The van der Waals surface area contributed by atoms with E-state index < -0.39 is 0 Å². The van der Waals surface area contributed by atoms with Crippen LogP contribution < -0.4 is 5.73 Å². The third kappa shape index (κ3) is 2.86. The second kappa shape index (κ2) is 6.27. The average molecular weight is 354 g/mol. The summed E-state index contributed by atoms with van der Waals surface area (Å²) >= 11 is 3.46. The molecule has 1 fully saturated rings. The zero-order valence-corrected chi connectivity index (χ0v) is 14.2. The van der Waals surface area contributed by atoms with Gasteiger partial charge in [0.25, 0.3) is 0 Å². The van der Waals surface area contributed by atoms with Gasteiger partial charge in [-0.15, -0.1) is 0 Å². The van der Waals surface area contributed by atoms with Crippen LogP contribution in [0.5, 0.6) is 5.75 Å². The van der Waals surface area contributed by atoms with Gasteiger partial charge in [-0.1, -0.05) is 19.3 Å². The molecule has 1 heterocycles. The number of halogens is 1. The number of benzene rings is 1. The largest absolute Gasteiger partial charge is 0.506 e. The molecule has 3 nitrogen and oxygen atoms in total. The molecule has 116 valence electrons. The lowest BCUT2D eigenvalue weighted by Gasteiger charge is -2.38. The van der Waals surface area contributed by atoms with Gasteiger partial charge in [0.1, 0.15) is 5.75 Å². The van der Waals surface area contributed by atoms with Gasteiger partial charge in [-0.2, -0.15) is 0 Å². The van der Waals surface area contributed by atoms with E-state index in [-0.39, 0.29) is 12.2 Å². The van der Waals surface area contributed by atoms with Gasteiger partial charge in [0.2, 0.25) is 0 Å². The van der Waals surface area contributed by atoms with Crippen molar-refractivity contribution in [2.75, 3.05) is 6.54 Å². The lowest BCUT2D eigenvalue weighted by Crippen LogP contribution is -2.36. The molecule has 1 aromatic carbocycles. The Morgan fingerprint density at radius 1 is 1.33 bits per heavy atom. The number of hydrogen-bond acceptors (Lipinski definition) is 3. The van der Waals surface area contributed by atoms with Crippen LogP contribution in [0.2, 0.25) is 0 Å². The van der Waals surface area contributed by atoms with Crippen LogP contribution in [0.25, 0.3) is 0 Å². The zero-order chi connectivity index (χ0) is 15.0. The van der Waals surface area contributed by atoms with Crippen LogP contribution in [-0.2, 0) is 11.2 Å². The van der Waals surface area contributed by atoms with Crippen LogP contribution in [0.1, 0.15) is 54.9 Å². The number of hydrogen-bond donors (Lipinski definition) is 2. The SMILES string of the molecule is Cc1cc(Br)c(O)c2c1C(CN)OC(C1CCCCC1)C2. The number of aromatic hydroxyl groups is 1. The van der Waals surface area contributed by atoms with Crippen LogP contribution in [0.3, 0.4) is 0 Å². The van der Waals surface area contributed by atoms with E-state index in [9.17, 15) is 5.11 Å². The highest BCUT2D eigenvalue weighted by Crippen LogP contribution is 2.44. The van der Waals surface area contributed by atoms with E-state index in [1.807, 2.05) is 6.07 Å². The summed E-state index contributed by atoms with van der Waals surface area (Å²) < 4.78 is 7.10. The first-order chi connectivity index (χ1) is 10.1. The van der Waals surface area contributed by atoms with E-state index in [1.54, 1.807) is 0 Å². The molecular formula is C17H24BrNO2. The van der Waals surface area contributed by atoms with E-state index in [4.69, 9.17) is 10.5 Å². The Labute approximate surface area is 135 Å². The van der Waals surface area contributed by atoms with E-state index in [2.05, 4.69) is 22.9 Å². The Morgan fingerprint density at radius 3 is 2.71 bits per heavy atom. The number of aryl methyl sites for hydroxylation is 1. The maximum atomic E-state index is 10.5. The van der Waals surface area contributed by atoms with Crippen LogP contribution in [-0.4, -0.2) is 17.8 Å². The molecule has 0 amide bonds. The molecule has 2 unspecified atom stereocenters. The first-order valence-corrected chi connectivity index (χ1v) is 8.77. The summed E-state index contributed by atoms with van der Waals surface area (Å²) in [5.41, 5.74) is 9.24. The highest BCUT2D eigenvalue weighted by Gasteiger charge is 2.35. The normalized spacial score (nSPS) is 26.6. The summed E-state index contributed by atoms with van der Waals surface area (Å²) in [4.78, 5) is 0. The Hall–Kier alpha value is -0.580. The molecule has 0 saturated heterocycles. The van der Waals surface area contributed by atoms with Crippen LogP contribution in [0.4, 0.5) is 0 Å². The van der Waals surface area contributed by atoms with Crippen molar-refractivity contribution in [2.45, 2.75) is 57.7 Å². The van der Waals surface area contributed by atoms with E-state index >= 15 is 0 Å². The number of phenols is 1. The predicted molar refractivity (Wildman–Crippen MR) is 87.5 cm³/mol. The van der Waals surface area contributed by atoms with E-state index in [0.29, 0.717) is 18.2 Å². The number of rotatable bonds is 2. The Morgan fingerprint density at radius 2 is 2.05 bits per heavy atom. The highest BCUT2D eigenvalue weighted by atomic mass is 79.9. The fourth-order valence-corrected chi connectivity index (χ4v) is 4.57. The molecule has 3 rings (SSSR count). The molecule has 21 heavy (non-hydrogen) atoms. The van der Waals surface area contributed by atoms with Gasteiger partial charge in [-0.05, 0) is 58.8 Å². The van der Waals surface area contributed by atoms with Crippen molar-refractivity contribution < 1.29 is 9.84 Å². The van der Waals surface area contributed by atoms with Gasteiger partial charge in [0.05, 0.1) is 16.7 Å². The van der Waals surface area contributed by atoms with Crippen LogP contribution in [0.15, 0.2) is 10.5 Å². The Kier molecular flexibility index (Phi) is 4.57. The topological polar surface area (TPSA) is 55.5 Å². The van der Waals surface area contributed by atoms with Crippen molar-refractivity contribution in [3.63, 3.8) is 0 Å². The molecule has 3 N–H and O–H groups in total. The maximum absolute atomic E-state index is 10.5. The third-order valence-corrected chi connectivity index (χ3v) is 5.67. The van der Waals surface area contributed by atoms with Gasteiger partial charge in [0.15, 0.2) is 0 Å². The number of fused-ring (bicyclic) bond motifs is 1. The summed E-state index contributed by atoms with van der Waals surface area (Å²) in [5.74, 6) is 0.984. The molecular weight excluding hydrogens is 330 g/mol. The quantitative estimate of drug-likeness (QED) is 0.845. The minimum atomic E-state index is -0.0836. The van der Waals surface area contributed by atoms with Crippen LogP contribution in [0, 0.1) is 12.8 Å². The van der Waals surface area contributed by atoms with Crippen molar-refractivity contribution in [3.05, 3.63) is 27.2 Å². The summed E-state index contributed by atoms with van der Waals surface area (Å²) in [6, 6.07) is 1.96. The Bertz CT molecular complexity index is 526. The molecule has 0 bridgehead atoms. The molecule has 4 heteroatoms. The minimum absolute atomic E-state index is 0.0836. The molecule has 0 spiro atoms. The third-order valence-electron chi connectivity index (χ3n) is 5.06. The van der Waals surface area contributed by atoms with Gasteiger partial charge in [0, 0.05) is 18.5 Å². The van der Waals surface area contributed by atoms with Gasteiger partial charge < -0.3 is 15.6 Å². The van der Waals surface area contributed by atoms with E-state index in [0.717, 1.165) is 27.6 Å². The average Bonchev–Trinajstić information content (AvgIpc) is 2.52. The first-order valence-electron chi connectivity index (χ1n) is 7.98. The number of nitrogens with two attached hydrogens (primary N) is 1. The van der Waals surface area contributed by atoms with Crippen molar-refractivity contribution in [3.8, 4) is 5.75 Å². The lowest BCUT2D eigenvalue weighted by molar-refractivity contribution is -0.0597. The highest BCUT2D eigenvalue weighted by molar-refractivity contribution is 9.10. The lowest BCUT2D eigenvalue weighted by atomic mass is 9.79. The van der Waals surface area contributed by atoms with Gasteiger partial charge in [-0.3, -0.25) is 0 Å².